The van der Waals surface area contributed by atoms with Crippen LogP contribution in [0.3, 0.4) is 0 Å². The fraction of sp³-hybridized carbons (Fsp3) is 0.0870. The van der Waals surface area contributed by atoms with Gasteiger partial charge in [-0.1, -0.05) is 54.1 Å². The molecule has 5 nitrogen and oxygen atoms in total. The van der Waals surface area contributed by atoms with E-state index in [4.69, 9.17) is 4.74 Å². The van der Waals surface area contributed by atoms with Crippen molar-refractivity contribution in [1.82, 2.24) is 10.2 Å². The van der Waals surface area contributed by atoms with Crippen molar-refractivity contribution in [2.75, 3.05) is 12.4 Å². The Labute approximate surface area is 163 Å². The van der Waals surface area contributed by atoms with E-state index < -0.39 is 0 Å². The summed E-state index contributed by atoms with van der Waals surface area (Å²) in [5.74, 6) is 0.434. The fourth-order valence-corrected chi connectivity index (χ4v) is 3.09. The molecule has 0 atom stereocenters. The van der Waals surface area contributed by atoms with Gasteiger partial charge in [-0.15, -0.1) is 10.2 Å². The monoisotopic (exact) mass is 369 g/mol. The third-order valence-electron chi connectivity index (χ3n) is 4.55. The van der Waals surface area contributed by atoms with Crippen molar-refractivity contribution < 1.29 is 9.53 Å². The lowest BCUT2D eigenvalue weighted by molar-refractivity contribution is 0.102. The van der Waals surface area contributed by atoms with Gasteiger partial charge in [-0.05, 0) is 25.1 Å². The predicted molar refractivity (Wildman–Crippen MR) is 111 cm³/mol. The van der Waals surface area contributed by atoms with Gasteiger partial charge in [0.2, 0.25) is 0 Å². The van der Waals surface area contributed by atoms with E-state index >= 15 is 0 Å². The molecule has 3 aromatic carbocycles. The van der Waals surface area contributed by atoms with Crippen LogP contribution in [0.1, 0.15) is 15.9 Å². The van der Waals surface area contributed by atoms with Crippen molar-refractivity contribution in [2.45, 2.75) is 6.92 Å². The van der Waals surface area contributed by atoms with Gasteiger partial charge in [0.1, 0.15) is 11.4 Å². The standard InChI is InChI=1S/C23H19N3O2/c1-15-10-12-16(13-11-15)22-21(19-8-3-4-9-20(19)25-26-22)23(27)24-17-6-5-7-18(14-17)28-2/h3-14H,1-2H3,(H,24,27). The summed E-state index contributed by atoms with van der Waals surface area (Å²) < 4.78 is 5.24. The number of ether oxygens (including phenoxy) is 1. The summed E-state index contributed by atoms with van der Waals surface area (Å²) >= 11 is 0. The van der Waals surface area contributed by atoms with E-state index in [2.05, 4.69) is 15.5 Å². The van der Waals surface area contributed by atoms with Gasteiger partial charge in [0.25, 0.3) is 5.91 Å². The number of anilines is 1. The first-order valence-corrected chi connectivity index (χ1v) is 8.93. The van der Waals surface area contributed by atoms with Gasteiger partial charge in [0, 0.05) is 22.7 Å². The number of benzene rings is 3. The molecule has 4 rings (SSSR count). The summed E-state index contributed by atoms with van der Waals surface area (Å²) in [4.78, 5) is 13.3. The largest absolute Gasteiger partial charge is 0.497 e. The Morgan fingerprint density at radius 3 is 2.50 bits per heavy atom. The van der Waals surface area contributed by atoms with E-state index in [0.29, 0.717) is 28.2 Å². The molecule has 28 heavy (non-hydrogen) atoms. The van der Waals surface area contributed by atoms with Crippen LogP contribution < -0.4 is 10.1 Å². The number of nitrogens with zero attached hydrogens (tertiary/aromatic N) is 2. The Hall–Kier alpha value is -3.73. The highest BCUT2D eigenvalue weighted by Crippen LogP contribution is 2.28. The van der Waals surface area contributed by atoms with E-state index in [1.165, 1.54) is 0 Å². The smallest absolute Gasteiger partial charge is 0.258 e. The Kier molecular flexibility index (Phi) is 4.72. The Balaban J connectivity index is 1.84. The second kappa shape index (κ2) is 7.48. The molecule has 0 aliphatic rings. The van der Waals surface area contributed by atoms with Gasteiger partial charge in [0.15, 0.2) is 0 Å². The molecule has 0 bridgehead atoms. The second-order valence-electron chi connectivity index (χ2n) is 6.49. The van der Waals surface area contributed by atoms with Crippen molar-refractivity contribution in [3.8, 4) is 17.0 Å². The first kappa shape index (κ1) is 17.7. The summed E-state index contributed by atoms with van der Waals surface area (Å²) in [5, 5.41) is 12.4. The number of carbonyl (C=O) groups is 1. The molecule has 0 unspecified atom stereocenters. The average Bonchev–Trinajstić information content (AvgIpc) is 2.73. The Morgan fingerprint density at radius 2 is 1.71 bits per heavy atom. The first-order valence-electron chi connectivity index (χ1n) is 8.93. The van der Waals surface area contributed by atoms with Crippen LogP contribution in [0.4, 0.5) is 5.69 Å². The van der Waals surface area contributed by atoms with Crippen LogP contribution in [0.25, 0.3) is 22.2 Å². The predicted octanol–water partition coefficient (Wildman–Crippen LogP) is 4.87. The Bertz CT molecular complexity index is 1150. The molecule has 1 aromatic heterocycles. The molecule has 0 saturated carbocycles. The molecule has 0 aliphatic heterocycles. The minimum absolute atomic E-state index is 0.241. The molecule has 0 fully saturated rings. The van der Waals surface area contributed by atoms with Crippen molar-refractivity contribution in [3.05, 3.63) is 83.9 Å². The molecule has 5 heteroatoms. The van der Waals surface area contributed by atoms with Crippen LogP contribution in [-0.2, 0) is 0 Å². The fourth-order valence-electron chi connectivity index (χ4n) is 3.09. The van der Waals surface area contributed by atoms with Gasteiger partial charge >= 0.3 is 0 Å². The number of amides is 1. The quantitative estimate of drug-likeness (QED) is 0.558. The van der Waals surface area contributed by atoms with Crippen molar-refractivity contribution in [2.24, 2.45) is 0 Å². The molecule has 0 radical (unpaired) electrons. The lowest BCUT2D eigenvalue weighted by Gasteiger charge is -2.13. The van der Waals surface area contributed by atoms with Crippen molar-refractivity contribution in [1.29, 1.82) is 0 Å². The van der Waals surface area contributed by atoms with Crippen LogP contribution in [0, 0.1) is 6.92 Å². The van der Waals surface area contributed by atoms with Gasteiger partial charge in [-0.2, -0.15) is 0 Å². The molecule has 1 heterocycles. The van der Waals surface area contributed by atoms with E-state index in [-0.39, 0.29) is 5.91 Å². The molecule has 138 valence electrons. The Morgan fingerprint density at radius 1 is 0.929 bits per heavy atom. The molecular formula is C23H19N3O2. The van der Waals surface area contributed by atoms with E-state index in [1.54, 1.807) is 13.2 Å². The minimum Gasteiger partial charge on any atom is -0.497 e. The zero-order valence-corrected chi connectivity index (χ0v) is 15.6. The van der Waals surface area contributed by atoms with E-state index in [0.717, 1.165) is 16.5 Å². The zero-order chi connectivity index (χ0) is 19.5. The minimum atomic E-state index is -0.241. The van der Waals surface area contributed by atoms with Crippen LogP contribution in [0.15, 0.2) is 72.8 Å². The molecule has 0 spiro atoms. The number of hydrogen-bond donors (Lipinski definition) is 1. The van der Waals surface area contributed by atoms with Crippen LogP contribution in [0.5, 0.6) is 5.75 Å². The van der Waals surface area contributed by atoms with Crippen LogP contribution in [0.2, 0.25) is 0 Å². The molecule has 0 saturated heterocycles. The van der Waals surface area contributed by atoms with E-state index in [9.17, 15) is 4.79 Å². The lowest BCUT2D eigenvalue weighted by atomic mass is 10.0. The number of hydrogen-bond acceptors (Lipinski definition) is 4. The van der Waals surface area contributed by atoms with Crippen molar-refractivity contribution >= 4 is 22.5 Å². The average molecular weight is 369 g/mol. The van der Waals surface area contributed by atoms with Gasteiger partial charge in [0.05, 0.1) is 18.2 Å². The number of carbonyl (C=O) groups excluding carboxylic acids is 1. The number of fused-ring (bicyclic) bond motifs is 1. The second-order valence-corrected chi connectivity index (χ2v) is 6.49. The number of nitrogens with one attached hydrogen (secondary N) is 1. The summed E-state index contributed by atoms with van der Waals surface area (Å²) in [6, 6.07) is 22.7. The zero-order valence-electron chi connectivity index (χ0n) is 15.6. The van der Waals surface area contributed by atoms with E-state index in [1.807, 2.05) is 73.7 Å². The number of aromatic nitrogens is 2. The molecule has 4 aromatic rings. The summed E-state index contributed by atoms with van der Waals surface area (Å²) in [6.45, 7) is 2.02. The lowest BCUT2D eigenvalue weighted by Crippen LogP contribution is -2.15. The van der Waals surface area contributed by atoms with Gasteiger partial charge in [-0.3, -0.25) is 4.79 Å². The summed E-state index contributed by atoms with van der Waals surface area (Å²) in [5.41, 5.74) is 4.37. The number of aryl methyl sites for hydroxylation is 1. The number of methoxy groups -OCH3 is 1. The number of rotatable bonds is 4. The maximum atomic E-state index is 13.3. The van der Waals surface area contributed by atoms with Gasteiger partial charge in [-0.25, -0.2) is 0 Å². The highest BCUT2D eigenvalue weighted by Gasteiger charge is 2.19. The topological polar surface area (TPSA) is 64.1 Å². The van der Waals surface area contributed by atoms with Gasteiger partial charge < -0.3 is 10.1 Å². The van der Waals surface area contributed by atoms with Crippen LogP contribution in [-0.4, -0.2) is 23.2 Å². The maximum Gasteiger partial charge on any atom is 0.258 e. The third-order valence-corrected chi connectivity index (χ3v) is 4.55. The maximum absolute atomic E-state index is 13.3. The SMILES string of the molecule is COc1cccc(NC(=O)c2c(-c3ccc(C)cc3)nnc3ccccc23)c1. The summed E-state index contributed by atoms with van der Waals surface area (Å²) in [7, 11) is 1.59. The highest BCUT2D eigenvalue weighted by atomic mass is 16.5. The van der Waals surface area contributed by atoms with Crippen LogP contribution >= 0.6 is 0 Å². The molecule has 0 aliphatic carbocycles. The van der Waals surface area contributed by atoms with Crippen molar-refractivity contribution in [3.63, 3.8) is 0 Å². The highest BCUT2D eigenvalue weighted by molar-refractivity contribution is 6.15. The first-order chi connectivity index (χ1) is 13.7. The third kappa shape index (κ3) is 3.42. The molecule has 1 N–H and O–H groups in total. The summed E-state index contributed by atoms with van der Waals surface area (Å²) in [6.07, 6.45) is 0. The molecule has 1 amide bonds. The normalized spacial score (nSPS) is 10.6. The molecular weight excluding hydrogens is 350 g/mol.